The Morgan fingerprint density at radius 2 is 2.18 bits per heavy atom. The van der Waals surface area contributed by atoms with Crippen LogP contribution in [0.3, 0.4) is 0 Å². The number of carbonyl (C=O) groups is 2. The van der Waals surface area contributed by atoms with Crippen molar-refractivity contribution in [2.45, 2.75) is 25.7 Å². The van der Waals surface area contributed by atoms with Gasteiger partial charge in [0.1, 0.15) is 0 Å². The molecule has 2 fully saturated rings. The van der Waals surface area contributed by atoms with Gasteiger partial charge in [0, 0.05) is 30.6 Å². The van der Waals surface area contributed by atoms with E-state index >= 15 is 0 Å². The first-order valence-corrected chi connectivity index (χ1v) is 8.30. The van der Waals surface area contributed by atoms with Crippen molar-refractivity contribution >= 4 is 23.4 Å². The first-order valence-electron chi connectivity index (χ1n) is 7.92. The van der Waals surface area contributed by atoms with E-state index in [1.165, 1.54) is 0 Å². The van der Waals surface area contributed by atoms with Crippen LogP contribution >= 0.6 is 11.6 Å². The number of hydrogen-bond donors (Lipinski definition) is 0. The molecular formula is C17H21ClN2O2. The second-order valence-corrected chi connectivity index (χ2v) is 6.53. The number of carbonyl (C=O) groups excluding carboxylic acids is 2. The highest BCUT2D eigenvalue weighted by Crippen LogP contribution is 2.48. The first-order chi connectivity index (χ1) is 10.6. The van der Waals surface area contributed by atoms with Crippen LogP contribution in [0.1, 0.15) is 31.2 Å². The van der Waals surface area contributed by atoms with Gasteiger partial charge in [0.2, 0.25) is 11.8 Å². The van der Waals surface area contributed by atoms with E-state index in [-0.39, 0.29) is 30.2 Å². The molecule has 0 unspecified atom stereocenters. The number of benzene rings is 1. The summed E-state index contributed by atoms with van der Waals surface area (Å²) in [6.45, 7) is 4.35. The highest BCUT2D eigenvalue weighted by Gasteiger charge is 2.46. The Hall–Kier alpha value is -1.55. The smallest absolute Gasteiger partial charge is 0.242 e. The molecule has 1 aromatic rings. The average molecular weight is 321 g/mol. The van der Waals surface area contributed by atoms with Gasteiger partial charge < -0.3 is 9.80 Å². The Morgan fingerprint density at radius 3 is 2.91 bits per heavy atom. The standard InChI is InChI=1S/C17H21ClN2O2/c1-2-19-7-4-8-20(11-16(19)21)17(22)15-10-14(15)12-5-3-6-13(18)9-12/h3,5-6,9,14-15H,2,4,7-8,10-11H2,1H3/t14-,15+/m0/s1. The maximum atomic E-state index is 12.6. The molecule has 22 heavy (non-hydrogen) atoms. The van der Waals surface area contributed by atoms with E-state index in [1.807, 2.05) is 36.1 Å². The number of halogens is 1. The summed E-state index contributed by atoms with van der Waals surface area (Å²) in [6, 6.07) is 7.73. The highest BCUT2D eigenvalue weighted by molar-refractivity contribution is 6.30. The molecule has 1 aliphatic carbocycles. The monoisotopic (exact) mass is 320 g/mol. The molecule has 2 aliphatic rings. The van der Waals surface area contributed by atoms with E-state index in [4.69, 9.17) is 11.6 Å². The summed E-state index contributed by atoms with van der Waals surface area (Å²) in [5.74, 6) is 0.455. The van der Waals surface area contributed by atoms with Crippen LogP contribution in [0.15, 0.2) is 24.3 Å². The normalized spacial score (nSPS) is 25.1. The number of amides is 2. The van der Waals surface area contributed by atoms with Gasteiger partial charge in [-0.15, -0.1) is 0 Å². The molecule has 1 aromatic carbocycles. The van der Waals surface area contributed by atoms with Crippen molar-refractivity contribution in [3.8, 4) is 0 Å². The first kappa shape index (κ1) is 15.3. The fourth-order valence-electron chi connectivity index (χ4n) is 3.25. The summed E-state index contributed by atoms with van der Waals surface area (Å²) in [7, 11) is 0. The number of hydrogen-bond acceptors (Lipinski definition) is 2. The average Bonchev–Trinajstić information content (AvgIpc) is 3.30. The van der Waals surface area contributed by atoms with Crippen molar-refractivity contribution in [3.05, 3.63) is 34.9 Å². The predicted molar refractivity (Wildman–Crippen MR) is 85.8 cm³/mol. The minimum Gasteiger partial charge on any atom is -0.341 e. The van der Waals surface area contributed by atoms with Gasteiger partial charge in [-0.25, -0.2) is 0 Å². The van der Waals surface area contributed by atoms with Crippen LogP contribution in [-0.2, 0) is 9.59 Å². The molecule has 0 radical (unpaired) electrons. The third-order valence-electron chi connectivity index (χ3n) is 4.61. The zero-order chi connectivity index (χ0) is 15.7. The molecule has 0 spiro atoms. The number of rotatable bonds is 3. The van der Waals surface area contributed by atoms with Crippen LogP contribution in [0, 0.1) is 5.92 Å². The lowest BCUT2D eigenvalue weighted by atomic mass is 10.1. The molecule has 1 aliphatic heterocycles. The Labute approximate surface area is 136 Å². The Bertz CT molecular complexity index is 590. The number of nitrogens with zero attached hydrogens (tertiary/aromatic N) is 2. The molecule has 1 saturated heterocycles. The lowest BCUT2D eigenvalue weighted by Gasteiger charge is -2.21. The fraction of sp³-hybridized carbons (Fsp3) is 0.529. The van der Waals surface area contributed by atoms with E-state index in [2.05, 4.69) is 0 Å². The van der Waals surface area contributed by atoms with Gasteiger partial charge in [-0.2, -0.15) is 0 Å². The van der Waals surface area contributed by atoms with E-state index < -0.39 is 0 Å². The summed E-state index contributed by atoms with van der Waals surface area (Å²) in [6.07, 6.45) is 1.72. The van der Waals surface area contributed by atoms with Gasteiger partial charge in [-0.3, -0.25) is 9.59 Å². The van der Waals surface area contributed by atoms with Gasteiger partial charge in [0.05, 0.1) is 6.54 Å². The zero-order valence-corrected chi connectivity index (χ0v) is 13.6. The molecule has 0 bridgehead atoms. The van der Waals surface area contributed by atoms with Crippen molar-refractivity contribution < 1.29 is 9.59 Å². The van der Waals surface area contributed by atoms with Crippen molar-refractivity contribution in [3.63, 3.8) is 0 Å². The Kier molecular flexibility index (Phi) is 4.39. The summed E-state index contributed by atoms with van der Waals surface area (Å²) in [5, 5.41) is 0.708. The molecule has 118 valence electrons. The van der Waals surface area contributed by atoms with E-state index in [9.17, 15) is 9.59 Å². The lowest BCUT2D eigenvalue weighted by Crippen LogP contribution is -2.40. The van der Waals surface area contributed by atoms with E-state index in [0.717, 1.165) is 31.5 Å². The summed E-state index contributed by atoms with van der Waals surface area (Å²) >= 11 is 6.02. The molecule has 0 N–H and O–H groups in total. The van der Waals surface area contributed by atoms with Crippen LogP contribution in [0.25, 0.3) is 0 Å². The SMILES string of the molecule is CCN1CCCN(C(=O)[C@@H]2C[C@H]2c2cccc(Cl)c2)CC1=O. The minimum absolute atomic E-state index is 0.0134. The second-order valence-electron chi connectivity index (χ2n) is 6.09. The van der Waals surface area contributed by atoms with Crippen LogP contribution in [0.4, 0.5) is 0 Å². The van der Waals surface area contributed by atoms with Gasteiger partial charge in [0.25, 0.3) is 0 Å². The Balaban J connectivity index is 1.64. The van der Waals surface area contributed by atoms with Crippen LogP contribution in [-0.4, -0.2) is 47.8 Å². The quantitative estimate of drug-likeness (QED) is 0.858. The van der Waals surface area contributed by atoms with Crippen molar-refractivity contribution in [2.24, 2.45) is 5.92 Å². The highest BCUT2D eigenvalue weighted by atomic mass is 35.5. The summed E-state index contributed by atoms with van der Waals surface area (Å²) in [5.41, 5.74) is 1.13. The van der Waals surface area contributed by atoms with Gasteiger partial charge in [0.15, 0.2) is 0 Å². The van der Waals surface area contributed by atoms with Gasteiger partial charge in [-0.1, -0.05) is 23.7 Å². The molecule has 2 atom stereocenters. The molecule has 2 amide bonds. The minimum atomic E-state index is 0.0134. The van der Waals surface area contributed by atoms with Crippen molar-refractivity contribution in [1.82, 2.24) is 9.80 Å². The van der Waals surface area contributed by atoms with Gasteiger partial charge >= 0.3 is 0 Å². The van der Waals surface area contributed by atoms with Crippen LogP contribution in [0.5, 0.6) is 0 Å². The summed E-state index contributed by atoms with van der Waals surface area (Å²) < 4.78 is 0. The zero-order valence-electron chi connectivity index (χ0n) is 12.8. The lowest BCUT2D eigenvalue weighted by molar-refractivity contribution is -0.139. The Morgan fingerprint density at radius 1 is 1.36 bits per heavy atom. The third-order valence-corrected chi connectivity index (χ3v) is 4.85. The van der Waals surface area contributed by atoms with E-state index in [0.29, 0.717) is 11.6 Å². The molecule has 3 rings (SSSR count). The second kappa shape index (κ2) is 6.29. The number of likely N-dealkylation sites (N-methyl/N-ethyl adjacent to an activating group) is 1. The van der Waals surface area contributed by atoms with Crippen LogP contribution in [0.2, 0.25) is 5.02 Å². The maximum absolute atomic E-state index is 12.6. The largest absolute Gasteiger partial charge is 0.341 e. The third kappa shape index (κ3) is 3.12. The van der Waals surface area contributed by atoms with Gasteiger partial charge in [-0.05, 0) is 43.4 Å². The molecule has 0 aromatic heterocycles. The summed E-state index contributed by atoms with van der Waals surface area (Å²) in [4.78, 5) is 28.3. The van der Waals surface area contributed by atoms with Crippen molar-refractivity contribution in [2.75, 3.05) is 26.2 Å². The fourth-order valence-corrected chi connectivity index (χ4v) is 3.45. The van der Waals surface area contributed by atoms with Crippen molar-refractivity contribution in [1.29, 1.82) is 0 Å². The maximum Gasteiger partial charge on any atom is 0.242 e. The molecule has 1 heterocycles. The molecule has 4 nitrogen and oxygen atoms in total. The van der Waals surface area contributed by atoms with Crippen LogP contribution < -0.4 is 0 Å². The van der Waals surface area contributed by atoms with E-state index in [1.54, 1.807) is 4.90 Å². The predicted octanol–water partition coefficient (Wildman–Crippen LogP) is 2.52. The topological polar surface area (TPSA) is 40.6 Å². The molecule has 1 saturated carbocycles. The molecular weight excluding hydrogens is 300 g/mol. The molecule has 5 heteroatoms.